The minimum Gasteiger partial charge on any atom is -0.369 e. The molecule has 4 rings (SSSR count). The number of rotatable bonds is 8. The normalized spacial score (nSPS) is 19.8. The summed E-state index contributed by atoms with van der Waals surface area (Å²) in [6, 6.07) is 17.0. The van der Waals surface area contributed by atoms with Crippen molar-refractivity contribution in [2.75, 3.05) is 49.2 Å². The minimum absolute atomic E-state index is 0.145. The number of amides is 1. The molecule has 2 aromatic carbocycles. The number of nitrogens with zero attached hydrogens (tertiary/aromatic N) is 4. The van der Waals surface area contributed by atoms with Crippen molar-refractivity contribution < 1.29 is 9.18 Å². The van der Waals surface area contributed by atoms with Crippen LogP contribution in [0.4, 0.5) is 15.8 Å². The van der Waals surface area contributed by atoms with Gasteiger partial charge in [0.2, 0.25) is 5.91 Å². The van der Waals surface area contributed by atoms with E-state index in [9.17, 15) is 9.18 Å². The third kappa shape index (κ3) is 5.07. The molecule has 164 valence electrons. The molecular weight excluding hydrogens is 391 g/mol. The van der Waals surface area contributed by atoms with Gasteiger partial charge in [-0.05, 0) is 49.2 Å². The monoisotopic (exact) mass is 422 g/mol. The molecule has 1 atom stereocenters. The Labute approximate surface area is 184 Å². The van der Waals surface area contributed by atoms with Gasteiger partial charge in [0.1, 0.15) is 5.82 Å². The summed E-state index contributed by atoms with van der Waals surface area (Å²) in [5, 5.41) is 4.09. The summed E-state index contributed by atoms with van der Waals surface area (Å²) < 4.78 is 13.2. The largest absolute Gasteiger partial charge is 0.369 e. The molecule has 2 aromatic rings. The second-order valence-corrected chi connectivity index (χ2v) is 8.24. The van der Waals surface area contributed by atoms with Gasteiger partial charge in [-0.15, -0.1) is 6.58 Å². The lowest BCUT2D eigenvalue weighted by Gasteiger charge is -2.37. The maximum atomic E-state index is 13.2. The van der Waals surface area contributed by atoms with Crippen LogP contribution in [0.5, 0.6) is 0 Å². The molecule has 1 unspecified atom stereocenters. The molecule has 0 aliphatic carbocycles. The van der Waals surface area contributed by atoms with Gasteiger partial charge >= 0.3 is 0 Å². The third-order valence-electron chi connectivity index (χ3n) is 6.17. The average Bonchev–Trinajstić information content (AvgIpc) is 3.10. The van der Waals surface area contributed by atoms with Crippen LogP contribution in [-0.4, -0.2) is 61.1 Å². The molecule has 6 heteroatoms. The number of hydrogen-bond acceptors (Lipinski definition) is 4. The predicted molar refractivity (Wildman–Crippen MR) is 124 cm³/mol. The minimum atomic E-state index is -0.196. The zero-order chi connectivity index (χ0) is 21.6. The van der Waals surface area contributed by atoms with Gasteiger partial charge in [-0.25, -0.2) is 4.39 Å². The Morgan fingerprint density at radius 1 is 0.935 bits per heavy atom. The Morgan fingerprint density at radius 3 is 2.32 bits per heavy atom. The SMILES string of the molecule is C=CCC1CC(=O)N(CCCN2CCN(c3ccc(F)cc3)CC2)N1c1ccccc1. The van der Waals surface area contributed by atoms with Crippen LogP contribution in [0, 0.1) is 5.82 Å². The average molecular weight is 423 g/mol. The molecule has 2 saturated heterocycles. The van der Waals surface area contributed by atoms with Crippen molar-refractivity contribution in [3.63, 3.8) is 0 Å². The first kappa shape index (κ1) is 21.4. The second-order valence-electron chi connectivity index (χ2n) is 8.24. The molecule has 1 amide bonds. The Bertz CT molecular complexity index is 865. The van der Waals surface area contributed by atoms with Crippen LogP contribution in [-0.2, 0) is 4.79 Å². The standard InChI is InChI=1S/C25H31FN4O/c1-2-7-24-20-25(31)29(30(24)23-8-4-3-5-9-23)15-6-14-27-16-18-28(19-17-27)22-12-10-21(26)11-13-22/h2-5,8-13,24H,1,6-7,14-20H2. The highest BCUT2D eigenvalue weighted by Crippen LogP contribution is 2.29. The second kappa shape index (κ2) is 9.96. The highest BCUT2D eigenvalue weighted by molar-refractivity contribution is 5.83. The third-order valence-corrected chi connectivity index (χ3v) is 6.17. The van der Waals surface area contributed by atoms with E-state index in [0.29, 0.717) is 6.42 Å². The van der Waals surface area contributed by atoms with Gasteiger partial charge < -0.3 is 4.90 Å². The molecule has 5 nitrogen and oxygen atoms in total. The Hall–Kier alpha value is -2.86. The van der Waals surface area contributed by atoms with Crippen LogP contribution in [0.1, 0.15) is 19.3 Å². The summed E-state index contributed by atoms with van der Waals surface area (Å²) in [7, 11) is 0. The first-order valence-electron chi connectivity index (χ1n) is 11.1. The molecule has 2 aliphatic rings. The first-order valence-corrected chi connectivity index (χ1v) is 11.1. The van der Waals surface area contributed by atoms with Crippen LogP contribution < -0.4 is 9.91 Å². The van der Waals surface area contributed by atoms with Crippen molar-refractivity contribution in [1.29, 1.82) is 0 Å². The fraction of sp³-hybridized carbons (Fsp3) is 0.400. The topological polar surface area (TPSA) is 30.0 Å². The van der Waals surface area contributed by atoms with Gasteiger partial charge in [-0.2, -0.15) is 0 Å². The van der Waals surface area contributed by atoms with Crippen molar-refractivity contribution in [3.05, 3.63) is 73.1 Å². The Morgan fingerprint density at radius 2 is 1.65 bits per heavy atom. The highest BCUT2D eigenvalue weighted by atomic mass is 19.1. The number of hydrazine groups is 1. The molecule has 0 bridgehead atoms. The van der Waals surface area contributed by atoms with Crippen LogP contribution in [0.2, 0.25) is 0 Å². The van der Waals surface area contributed by atoms with Crippen molar-refractivity contribution in [2.24, 2.45) is 0 Å². The quantitative estimate of drug-likeness (QED) is 0.603. The van der Waals surface area contributed by atoms with E-state index in [-0.39, 0.29) is 17.8 Å². The molecular formula is C25H31FN4O. The van der Waals surface area contributed by atoms with E-state index < -0.39 is 0 Å². The molecule has 2 heterocycles. The predicted octanol–water partition coefficient (Wildman–Crippen LogP) is 3.94. The molecule has 0 saturated carbocycles. The van der Waals surface area contributed by atoms with E-state index in [1.807, 2.05) is 41.4 Å². The van der Waals surface area contributed by atoms with Crippen molar-refractivity contribution in [3.8, 4) is 0 Å². The van der Waals surface area contributed by atoms with E-state index in [0.717, 1.165) is 63.5 Å². The molecule has 0 radical (unpaired) electrons. The number of hydrogen-bond donors (Lipinski definition) is 0. The lowest BCUT2D eigenvalue weighted by molar-refractivity contribution is -0.128. The van der Waals surface area contributed by atoms with Crippen molar-refractivity contribution in [1.82, 2.24) is 9.91 Å². The summed E-state index contributed by atoms with van der Waals surface area (Å²) in [6.07, 6.45) is 4.17. The number of carbonyl (C=O) groups excluding carboxylic acids is 1. The van der Waals surface area contributed by atoms with Gasteiger partial charge in [0.05, 0.1) is 18.2 Å². The molecule has 0 spiro atoms. The molecule has 0 aromatic heterocycles. The smallest absolute Gasteiger partial charge is 0.243 e. The number of benzene rings is 2. The van der Waals surface area contributed by atoms with Gasteiger partial charge in [0, 0.05) is 45.0 Å². The van der Waals surface area contributed by atoms with E-state index in [4.69, 9.17) is 0 Å². The lowest BCUT2D eigenvalue weighted by Crippen LogP contribution is -2.48. The van der Waals surface area contributed by atoms with E-state index in [1.165, 1.54) is 12.1 Å². The van der Waals surface area contributed by atoms with Gasteiger partial charge in [0.15, 0.2) is 0 Å². The maximum Gasteiger partial charge on any atom is 0.243 e. The number of piperazine rings is 1. The van der Waals surface area contributed by atoms with Crippen LogP contribution in [0.15, 0.2) is 67.3 Å². The molecule has 2 fully saturated rings. The van der Waals surface area contributed by atoms with Crippen LogP contribution >= 0.6 is 0 Å². The molecule has 31 heavy (non-hydrogen) atoms. The van der Waals surface area contributed by atoms with Crippen LogP contribution in [0.3, 0.4) is 0 Å². The molecule has 2 aliphatic heterocycles. The summed E-state index contributed by atoms with van der Waals surface area (Å²) in [6.45, 7) is 9.39. The van der Waals surface area contributed by atoms with Gasteiger partial charge in [-0.3, -0.25) is 19.7 Å². The fourth-order valence-electron chi connectivity index (χ4n) is 4.58. The van der Waals surface area contributed by atoms with Crippen LogP contribution in [0.25, 0.3) is 0 Å². The zero-order valence-electron chi connectivity index (χ0n) is 18.0. The number of anilines is 2. The Balaban J connectivity index is 1.30. The van der Waals surface area contributed by atoms with Gasteiger partial charge in [-0.1, -0.05) is 24.3 Å². The fourth-order valence-corrected chi connectivity index (χ4v) is 4.58. The van der Waals surface area contributed by atoms with Gasteiger partial charge in [0.25, 0.3) is 0 Å². The zero-order valence-corrected chi connectivity index (χ0v) is 18.0. The van der Waals surface area contributed by atoms with E-state index in [2.05, 4.69) is 33.5 Å². The highest BCUT2D eigenvalue weighted by Gasteiger charge is 2.36. The number of para-hydroxylation sites is 1. The van der Waals surface area contributed by atoms with E-state index >= 15 is 0 Å². The number of halogens is 1. The first-order chi connectivity index (χ1) is 15.2. The summed E-state index contributed by atoms with van der Waals surface area (Å²) in [4.78, 5) is 17.5. The summed E-state index contributed by atoms with van der Waals surface area (Å²) in [5.74, 6) is -0.00412. The lowest BCUT2D eigenvalue weighted by atomic mass is 10.1. The van der Waals surface area contributed by atoms with Crippen molar-refractivity contribution >= 4 is 17.3 Å². The van der Waals surface area contributed by atoms with Crippen molar-refractivity contribution in [2.45, 2.75) is 25.3 Å². The Kier molecular flexibility index (Phi) is 6.87. The number of carbonyl (C=O) groups is 1. The summed E-state index contributed by atoms with van der Waals surface area (Å²) in [5.41, 5.74) is 2.14. The molecule has 0 N–H and O–H groups in total. The maximum absolute atomic E-state index is 13.2. The van der Waals surface area contributed by atoms with E-state index in [1.54, 1.807) is 0 Å². The summed E-state index contributed by atoms with van der Waals surface area (Å²) >= 11 is 0.